The first-order valence-corrected chi connectivity index (χ1v) is 5.25. The molecule has 0 N–H and O–H groups in total. The van der Waals surface area contributed by atoms with Gasteiger partial charge in [0.05, 0.1) is 18.2 Å². The van der Waals surface area contributed by atoms with Crippen LogP contribution in [0.1, 0.15) is 15.9 Å². The van der Waals surface area contributed by atoms with Crippen LogP contribution in [0.25, 0.3) is 0 Å². The third kappa shape index (κ3) is 2.50. The number of carbonyl (C=O) groups is 1. The standard InChI is InChI=1S/C13H9N3O2/c14-8-10-2-4-11(5-3-10)12(17)9-16-7-1-6-15-13(16)18/h1-7H,9H2. The van der Waals surface area contributed by atoms with Crippen LogP contribution in [0, 0.1) is 11.3 Å². The molecule has 1 aromatic heterocycles. The Morgan fingerprint density at radius 2 is 2.06 bits per heavy atom. The maximum atomic E-state index is 11.9. The summed E-state index contributed by atoms with van der Waals surface area (Å²) in [6, 6.07) is 9.85. The van der Waals surface area contributed by atoms with Crippen LogP contribution in [0.3, 0.4) is 0 Å². The molecule has 2 rings (SSSR count). The first-order chi connectivity index (χ1) is 8.70. The van der Waals surface area contributed by atoms with E-state index in [9.17, 15) is 9.59 Å². The second kappa shape index (κ2) is 5.06. The van der Waals surface area contributed by atoms with Gasteiger partial charge in [-0.25, -0.2) is 9.78 Å². The predicted molar refractivity (Wildman–Crippen MR) is 64.0 cm³/mol. The minimum Gasteiger partial charge on any atom is -0.292 e. The maximum absolute atomic E-state index is 11.9. The Bertz CT molecular complexity index is 666. The van der Waals surface area contributed by atoms with Crippen LogP contribution >= 0.6 is 0 Å². The Labute approximate surface area is 103 Å². The van der Waals surface area contributed by atoms with E-state index in [1.165, 1.54) is 17.0 Å². The van der Waals surface area contributed by atoms with Crippen molar-refractivity contribution in [2.24, 2.45) is 0 Å². The van der Waals surface area contributed by atoms with Gasteiger partial charge in [-0.1, -0.05) is 12.1 Å². The van der Waals surface area contributed by atoms with Gasteiger partial charge in [-0.3, -0.25) is 9.36 Å². The molecule has 0 spiro atoms. The third-order valence-corrected chi connectivity index (χ3v) is 2.43. The summed E-state index contributed by atoms with van der Waals surface area (Å²) in [6.07, 6.45) is 2.89. The van der Waals surface area contributed by atoms with Crippen LogP contribution in [-0.2, 0) is 6.54 Å². The fourth-order valence-electron chi connectivity index (χ4n) is 1.48. The highest BCUT2D eigenvalue weighted by Gasteiger charge is 2.07. The highest BCUT2D eigenvalue weighted by molar-refractivity contribution is 5.95. The van der Waals surface area contributed by atoms with E-state index in [1.54, 1.807) is 30.3 Å². The van der Waals surface area contributed by atoms with E-state index in [2.05, 4.69) is 4.98 Å². The molecule has 0 saturated carbocycles. The third-order valence-electron chi connectivity index (χ3n) is 2.43. The first-order valence-electron chi connectivity index (χ1n) is 5.25. The Balaban J connectivity index is 2.20. The van der Waals surface area contributed by atoms with Gasteiger partial charge in [0.25, 0.3) is 0 Å². The van der Waals surface area contributed by atoms with Crippen molar-refractivity contribution in [3.8, 4) is 6.07 Å². The fourth-order valence-corrected chi connectivity index (χ4v) is 1.48. The molecule has 18 heavy (non-hydrogen) atoms. The number of aromatic nitrogens is 2. The molecule has 0 atom stereocenters. The minimum atomic E-state index is -0.459. The molecule has 0 amide bonds. The van der Waals surface area contributed by atoms with Gasteiger partial charge in [0.2, 0.25) is 0 Å². The van der Waals surface area contributed by atoms with Crippen molar-refractivity contribution < 1.29 is 4.79 Å². The van der Waals surface area contributed by atoms with E-state index < -0.39 is 5.69 Å². The largest absolute Gasteiger partial charge is 0.347 e. The number of hydrogen-bond acceptors (Lipinski definition) is 4. The summed E-state index contributed by atoms with van der Waals surface area (Å²) in [5, 5.41) is 8.65. The van der Waals surface area contributed by atoms with Crippen LogP contribution in [-0.4, -0.2) is 15.3 Å². The summed E-state index contributed by atoms with van der Waals surface area (Å²) < 4.78 is 1.24. The van der Waals surface area contributed by atoms with Crippen molar-refractivity contribution in [2.45, 2.75) is 6.54 Å². The molecule has 0 saturated heterocycles. The number of ketones is 1. The number of hydrogen-bond donors (Lipinski definition) is 0. The Hall–Kier alpha value is -2.74. The molecule has 2 aromatic rings. The van der Waals surface area contributed by atoms with Crippen LogP contribution in [0.4, 0.5) is 0 Å². The normalized spacial score (nSPS) is 9.72. The quantitative estimate of drug-likeness (QED) is 0.749. The van der Waals surface area contributed by atoms with E-state index in [-0.39, 0.29) is 12.3 Å². The van der Waals surface area contributed by atoms with Crippen molar-refractivity contribution in [1.82, 2.24) is 9.55 Å². The molecular weight excluding hydrogens is 230 g/mol. The zero-order valence-corrected chi connectivity index (χ0v) is 9.41. The molecule has 1 aromatic carbocycles. The SMILES string of the molecule is N#Cc1ccc(C(=O)Cn2cccnc2=O)cc1. The summed E-state index contributed by atoms with van der Waals surface area (Å²) in [6.45, 7) is -0.0570. The second-order valence-corrected chi connectivity index (χ2v) is 3.64. The summed E-state index contributed by atoms with van der Waals surface area (Å²) in [4.78, 5) is 26.8. The van der Waals surface area contributed by atoms with Gasteiger partial charge in [0.15, 0.2) is 5.78 Å². The zero-order chi connectivity index (χ0) is 13.0. The van der Waals surface area contributed by atoms with Gasteiger partial charge in [-0.2, -0.15) is 5.26 Å². The van der Waals surface area contributed by atoms with Crippen molar-refractivity contribution >= 4 is 5.78 Å². The van der Waals surface area contributed by atoms with Crippen LogP contribution < -0.4 is 5.69 Å². The topological polar surface area (TPSA) is 75.8 Å². The molecule has 0 aliphatic rings. The number of rotatable bonds is 3. The molecule has 0 bridgehead atoms. The smallest absolute Gasteiger partial charge is 0.292 e. The summed E-state index contributed by atoms with van der Waals surface area (Å²) >= 11 is 0. The van der Waals surface area contributed by atoms with Crippen LogP contribution in [0.5, 0.6) is 0 Å². The van der Waals surface area contributed by atoms with Crippen LogP contribution in [0.15, 0.2) is 47.5 Å². The first kappa shape index (κ1) is 11.7. The van der Waals surface area contributed by atoms with Crippen molar-refractivity contribution in [2.75, 3.05) is 0 Å². The molecule has 0 unspecified atom stereocenters. The molecule has 5 heteroatoms. The van der Waals surface area contributed by atoms with Gasteiger partial charge in [0, 0.05) is 18.0 Å². The molecule has 88 valence electrons. The number of nitriles is 1. The average molecular weight is 239 g/mol. The average Bonchev–Trinajstić information content (AvgIpc) is 2.41. The lowest BCUT2D eigenvalue weighted by Gasteiger charge is -2.03. The monoisotopic (exact) mass is 239 g/mol. The minimum absolute atomic E-state index is 0.0570. The van der Waals surface area contributed by atoms with Gasteiger partial charge in [0.1, 0.15) is 0 Å². The molecule has 5 nitrogen and oxygen atoms in total. The molecule has 0 radical (unpaired) electrons. The molecular formula is C13H9N3O2. The Morgan fingerprint density at radius 3 is 2.67 bits per heavy atom. The number of carbonyl (C=O) groups excluding carboxylic acids is 1. The highest BCUT2D eigenvalue weighted by Crippen LogP contribution is 2.05. The lowest BCUT2D eigenvalue weighted by molar-refractivity contribution is 0.0970. The Kier molecular flexibility index (Phi) is 3.30. The second-order valence-electron chi connectivity index (χ2n) is 3.64. The van der Waals surface area contributed by atoms with E-state index >= 15 is 0 Å². The predicted octanol–water partition coefficient (Wildman–Crippen LogP) is 0.998. The molecule has 0 fully saturated rings. The van der Waals surface area contributed by atoms with Gasteiger partial charge < -0.3 is 0 Å². The lowest BCUT2D eigenvalue weighted by Crippen LogP contribution is -2.25. The molecule has 0 aliphatic carbocycles. The lowest BCUT2D eigenvalue weighted by atomic mass is 10.1. The highest BCUT2D eigenvalue weighted by atomic mass is 16.2. The van der Waals surface area contributed by atoms with Gasteiger partial charge >= 0.3 is 5.69 Å². The zero-order valence-electron chi connectivity index (χ0n) is 9.41. The fraction of sp³-hybridized carbons (Fsp3) is 0.0769. The van der Waals surface area contributed by atoms with Crippen molar-refractivity contribution in [3.63, 3.8) is 0 Å². The van der Waals surface area contributed by atoms with E-state index in [0.29, 0.717) is 11.1 Å². The van der Waals surface area contributed by atoms with Crippen LogP contribution in [0.2, 0.25) is 0 Å². The molecule has 0 aliphatic heterocycles. The van der Waals surface area contributed by atoms with E-state index in [0.717, 1.165) is 0 Å². The maximum Gasteiger partial charge on any atom is 0.347 e. The summed E-state index contributed by atoms with van der Waals surface area (Å²) in [7, 11) is 0. The van der Waals surface area contributed by atoms with Gasteiger partial charge in [-0.15, -0.1) is 0 Å². The molecule has 1 heterocycles. The van der Waals surface area contributed by atoms with E-state index in [4.69, 9.17) is 5.26 Å². The number of benzene rings is 1. The Morgan fingerprint density at radius 1 is 1.33 bits per heavy atom. The van der Waals surface area contributed by atoms with Gasteiger partial charge in [-0.05, 0) is 18.2 Å². The summed E-state index contributed by atoms with van der Waals surface area (Å²) in [5.74, 6) is -0.199. The number of Topliss-reactive ketones (excluding diaryl/α,β-unsaturated/α-hetero) is 1. The van der Waals surface area contributed by atoms with E-state index in [1.807, 2.05) is 6.07 Å². The summed E-state index contributed by atoms with van der Waals surface area (Å²) in [5.41, 5.74) is 0.495. The van der Waals surface area contributed by atoms with Crippen molar-refractivity contribution in [3.05, 3.63) is 64.3 Å². The van der Waals surface area contributed by atoms with Crippen molar-refractivity contribution in [1.29, 1.82) is 5.26 Å². The number of nitrogens with zero attached hydrogens (tertiary/aromatic N) is 3.